The normalized spacial score (nSPS) is 11.2. The zero-order valence-electron chi connectivity index (χ0n) is 9.78. The van der Waals surface area contributed by atoms with Crippen LogP contribution in [0.15, 0.2) is 30.6 Å². The summed E-state index contributed by atoms with van der Waals surface area (Å²) >= 11 is 5.70. The van der Waals surface area contributed by atoms with Gasteiger partial charge in [-0.05, 0) is 12.1 Å². The number of para-hydroxylation sites is 2. The average molecular weight is 305 g/mol. The van der Waals surface area contributed by atoms with Crippen LogP contribution in [-0.4, -0.2) is 16.3 Å². The molecule has 3 N–H and O–H groups in total. The van der Waals surface area contributed by atoms with Crippen LogP contribution in [0.5, 0.6) is 5.75 Å². The lowest BCUT2D eigenvalue weighted by molar-refractivity contribution is -0.274. The molecule has 0 fully saturated rings. The second-order valence-corrected chi connectivity index (χ2v) is 3.95. The molecule has 0 saturated heterocycles. The first kappa shape index (κ1) is 14.2. The smallest absolute Gasteiger partial charge is 0.404 e. The molecular weight excluding hydrogens is 297 g/mol. The molecule has 1 aromatic heterocycles. The molecule has 106 valence electrons. The van der Waals surface area contributed by atoms with Crippen LogP contribution in [0, 0.1) is 0 Å². The van der Waals surface area contributed by atoms with Gasteiger partial charge in [0.05, 0.1) is 5.69 Å². The van der Waals surface area contributed by atoms with Crippen LogP contribution in [0.3, 0.4) is 0 Å². The number of halogens is 4. The Bertz CT molecular complexity index is 621. The van der Waals surface area contributed by atoms with E-state index < -0.39 is 12.1 Å². The van der Waals surface area contributed by atoms with E-state index in [-0.39, 0.29) is 22.3 Å². The van der Waals surface area contributed by atoms with Gasteiger partial charge in [-0.25, -0.2) is 9.97 Å². The van der Waals surface area contributed by atoms with Gasteiger partial charge in [-0.3, -0.25) is 0 Å². The quantitative estimate of drug-likeness (QED) is 0.851. The van der Waals surface area contributed by atoms with Crippen LogP contribution in [-0.2, 0) is 0 Å². The number of nitrogens with two attached hydrogens (primary N) is 1. The molecule has 0 unspecified atom stereocenters. The molecule has 0 atom stereocenters. The molecule has 20 heavy (non-hydrogen) atoms. The highest BCUT2D eigenvalue weighted by atomic mass is 35.5. The molecule has 0 amide bonds. The number of rotatable bonds is 3. The maximum absolute atomic E-state index is 12.3. The fourth-order valence-electron chi connectivity index (χ4n) is 1.38. The van der Waals surface area contributed by atoms with Gasteiger partial charge in [0.15, 0.2) is 16.7 Å². The second-order valence-electron chi connectivity index (χ2n) is 3.60. The van der Waals surface area contributed by atoms with Gasteiger partial charge >= 0.3 is 6.36 Å². The summed E-state index contributed by atoms with van der Waals surface area (Å²) in [5, 5.41) is 2.62. The molecule has 2 rings (SSSR count). The fraction of sp³-hybridized carbons (Fsp3) is 0.0909. The van der Waals surface area contributed by atoms with Crippen molar-refractivity contribution in [3.8, 4) is 5.75 Å². The number of anilines is 3. The van der Waals surface area contributed by atoms with E-state index in [1.54, 1.807) is 0 Å². The molecule has 5 nitrogen and oxygen atoms in total. The molecule has 0 aliphatic carbocycles. The van der Waals surface area contributed by atoms with Crippen LogP contribution < -0.4 is 15.8 Å². The van der Waals surface area contributed by atoms with Gasteiger partial charge in [-0.1, -0.05) is 23.7 Å². The zero-order valence-corrected chi connectivity index (χ0v) is 10.5. The predicted octanol–water partition coefficient (Wildman–Crippen LogP) is 3.35. The van der Waals surface area contributed by atoms with E-state index in [1.165, 1.54) is 18.2 Å². The maximum Gasteiger partial charge on any atom is 0.573 e. The number of nitrogen functional groups attached to an aromatic ring is 1. The predicted molar refractivity (Wildman–Crippen MR) is 67.9 cm³/mol. The van der Waals surface area contributed by atoms with E-state index in [9.17, 15) is 13.2 Å². The van der Waals surface area contributed by atoms with Gasteiger partial charge in [0.2, 0.25) is 0 Å². The third-order valence-corrected chi connectivity index (χ3v) is 2.50. The van der Waals surface area contributed by atoms with Crippen LogP contribution in [0.1, 0.15) is 0 Å². The Morgan fingerprint density at radius 3 is 2.60 bits per heavy atom. The Hall–Kier alpha value is -2.22. The Labute approximate surface area is 116 Å². The first-order valence-electron chi connectivity index (χ1n) is 5.24. The van der Waals surface area contributed by atoms with E-state index in [4.69, 9.17) is 17.3 Å². The summed E-state index contributed by atoms with van der Waals surface area (Å²) in [7, 11) is 0. The highest BCUT2D eigenvalue weighted by Gasteiger charge is 2.32. The lowest BCUT2D eigenvalue weighted by atomic mass is 10.3. The topological polar surface area (TPSA) is 73.1 Å². The summed E-state index contributed by atoms with van der Waals surface area (Å²) in [5.41, 5.74) is 5.70. The third-order valence-electron chi connectivity index (χ3n) is 2.20. The summed E-state index contributed by atoms with van der Waals surface area (Å²) in [6.45, 7) is 0. The highest BCUT2D eigenvalue weighted by Crippen LogP contribution is 2.33. The van der Waals surface area contributed by atoms with Crippen molar-refractivity contribution in [1.82, 2.24) is 9.97 Å². The highest BCUT2D eigenvalue weighted by molar-refractivity contribution is 6.32. The summed E-state index contributed by atoms with van der Waals surface area (Å²) in [4.78, 5) is 7.44. The number of benzene rings is 1. The van der Waals surface area contributed by atoms with Gasteiger partial charge in [0.1, 0.15) is 12.0 Å². The number of alkyl halides is 3. The van der Waals surface area contributed by atoms with Crippen molar-refractivity contribution in [2.24, 2.45) is 0 Å². The molecule has 0 spiro atoms. The van der Waals surface area contributed by atoms with Gasteiger partial charge in [0, 0.05) is 0 Å². The second kappa shape index (κ2) is 5.41. The number of nitrogens with one attached hydrogen (secondary N) is 1. The number of nitrogens with zero attached hydrogens (tertiary/aromatic N) is 2. The fourth-order valence-corrected chi connectivity index (χ4v) is 1.52. The van der Waals surface area contributed by atoms with Crippen molar-refractivity contribution in [1.29, 1.82) is 0 Å². The molecule has 9 heteroatoms. The lowest BCUT2D eigenvalue weighted by Gasteiger charge is -2.14. The number of ether oxygens (including phenoxy) is 1. The number of hydrogen-bond acceptors (Lipinski definition) is 5. The van der Waals surface area contributed by atoms with Crippen molar-refractivity contribution < 1.29 is 17.9 Å². The van der Waals surface area contributed by atoms with Crippen molar-refractivity contribution in [3.63, 3.8) is 0 Å². The van der Waals surface area contributed by atoms with Gasteiger partial charge in [-0.15, -0.1) is 13.2 Å². The molecular formula is C11H8ClF3N4O. The van der Waals surface area contributed by atoms with Crippen LogP contribution in [0.2, 0.25) is 5.15 Å². The van der Waals surface area contributed by atoms with E-state index in [0.717, 1.165) is 12.4 Å². The Morgan fingerprint density at radius 1 is 1.20 bits per heavy atom. The Balaban J connectivity index is 2.32. The minimum Gasteiger partial charge on any atom is -0.404 e. The van der Waals surface area contributed by atoms with E-state index in [1.807, 2.05) is 0 Å². The standard InChI is InChI=1S/C11H8ClF3N4O/c12-9-8(16)10(18-5-17-9)19-6-3-1-2-4-7(6)20-11(13,14)15/h1-5H,16H2,(H,17,18,19). The van der Waals surface area contributed by atoms with E-state index in [2.05, 4.69) is 20.0 Å². The molecule has 1 aromatic carbocycles. The van der Waals surface area contributed by atoms with E-state index >= 15 is 0 Å². The molecule has 0 aliphatic heterocycles. The first-order valence-corrected chi connectivity index (χ1v) is 5.62. The van der Waals surface area contributed by atoms with Crippen molar-refractivity contribution in [2.75, 3.05) is 11.1 Å². The number of hydrogen-bond donors (Lipinski definition) is 2. The molecule has 2 aromatic rings. The zero-order chi connectivity index (χ0) is 14.8. The van der Waals surface area contributed by atoms with Crippen LogP contribution in [0.4, 0.5) is 30.4 Å². The maximum atomic E-state index is 12.3. The largest absolute Gasteiger partial charge is 0.573 e. The first-order chi connectivity index (χ1) is 9.37. The van der Waals surface area contributed by atoms with Gasteiger partial charge in [-0.2, -0.15) is 0 Å². The Kier molecular flexibility index (Phi) is 3.84. The SMILES string of the molecule is Nc1c(Cl)ncnc1Nc1ccccc1OC(F)(F)F. The average Bonchev–Trinajstić information content (AvgIpc) is 2.35. The minimum absolute atomic E-state index is 0.00304. The monoisotopic (exact) mass is 304 g/mol. The summed E-state index contributed by atoms with van der Waals surface area (Å²) in [6.07, 6.45) is -3.67. The summed E-state index contributed by atoms with van der Waals surface area (Å²) in [5.74, 6) is -0.322. The molecule has 1 heterocycles. The van der Waals surface area contributed by atoms with Crippen molar-refractivity contribution >= 4 is 28.8 Å². The number of aromatic nitrogens is 2. The van der Waals surface area contributed by atoms with E-state index in [0.29, 0.717) is 0 Å². The van der Waals surface area contributed by atoms with Crippen molar-refractivity contribution in [2.45, 2.75) is 6.36 Å². The van der Waals surface area contributed by atoms with Crippen molar-refractivity contribution in [3.05, 3.63) is 35.7 Å². The van der Waals surface area contributed by atoms with Gasteiger partial charge < -0.3 is 15.8 Å². The molecule has 0 saturated carbocycles. The third kappa shape index (κ3) is 3.41. The molecule has 0 bridgehead atoms. The van der Waals surface area contributed by atoms with Crippen LogP contribution >= 0.6 is 11.6 Å². The Morgan fingerprint density at radius 2 is 1.90 bits per heavy atom. The minimum atomic E-state index is -4.80. The van der Waals surface area contributed by atoms with Crippen LogP contribution in [0.25, 0.3) is 0 Å². The lowest BCUT2D eigenvalue weighted by Crippen LogP contribution is -2.18. The summed E-state index contributed by atoms with van der Waals surface area (Å²) in [6, 6.07) is 5.48. The molecule has 0 aliphatic rings. The van der Waals surface area contributed by atoms with Gasteiger partial charge in [0.25, 0.3) is 0 Å². The summed E-state index contributed by atoms with van der Waals surface area (Å²) < 4.78 is 40.7. The molecule has 0 radical (unpaired) electrons.